The lowest BCUT2D eigenvalue weighted by Gasteiger charge is -2.47. The van der Waals surface area contributed by atoms with Crippen molar-refractivity contribution in [2.45, 2.75) is 51.9 Å². The predicted molar refractivity (Wildman–Crippen MR) is 110 cm³/mol. The molecule has 2 aromatic rings. The Bertz CT molecular complexity index is 951. The van der Waals surface area contributed by atoms with Crippen LogP contribution in [0.4, 0.5) is 5.69 Å². The molecule has 1 aromatic carbocycles. The summed E-state index contributed by atoms with van der Waals surface area (Å²) in [5.41, 5.74) is -0.566. The van der Waals surface area contributed by atoms with Gasteiger partial charge >= 0.3 is 5.69 Å². The van der Waals surface area contributed by atoms with Gasteiger partial charge in [0.25, 0.3) is 0 Å². The molecule has 1 aliphatic rings. The normalized spacial score (nSPS) is 18.6. The fraction of sp³-hybridized carbons (Fsp3) is 0.600. The zero-order valence-corrected chi connectivity index (χ0v) is 17.0. The summed E-state index contributed by atoms with van der Waals surface area (Å²) in [5.74, 6) is -0.491. The van der Waals surface area contributed by atoms with E-state index in [1.807, 2.05) is 25.1 Å². The molecule has 3 rings (SSSR count). The molecule has 0 saturated carbocycles. The Morgan fingerprint density at radius 1 is 1.21 bits per heavy atom. The highest BCUT2D eigenvalue weighted by atomic mass is 16.5. The van der Waals surface area contributed by atoms with Crippen LogP contribution in [-0.2, 0) is 22.6 Å². The van der Waals surface area contributed by atoms with Gasteiger partial charge in [0.15, 0.2) is 0 Å². The number of amides is 1. The minimum atomic E-state index is -2.37. The number of methoxy groups -OCH3 is 1. The molecule has 9 heteroatoms. The third-order valence-electron chi connectivity index (χ3n) is 5.46. The van der Waals surface area contributed by atoms with Crippen LogP contribution in [0.15, 0.2) is 35.1 Å². The maximum Gasteiger partial charge on any atom is 0.363 e. The molecule has 1 saturated heterocycles. The zero-order chi connectivity index (χ0) is 23.4. The molecular weight excluding hydrogens is 372 g/mol. The summed E-state index contributed by atoms with van der Waals surface area (Å²) < 4.78 is 31.2. The minimum Gasteiger partial charge on any atom is -0.358 e. The molecule has 0 unspecified atom stereocenters. The summed E-state index contributed by atoms with van der Waals surface area (Å²) >= 11 is 0. The maximum absolute atomic E-state index is 13.1. The summed E-state index contributed by atoms with van der Waals surface area (Å²) in [6, 6.07) is 9.03. The number of aryl methyl sites for hydroxylation is 1. The Balaban J connectivity index is 1.73. The number of rotatable bonds is 8. The second-order valence-corrected chi connectivity index (χ2v) is 7.03. The van der Waals surface area contributed by atoms with Crippen molar-refractivity contribution in [3.63, 3.8) is 0 Å². The van der Waals surface area contributed by atoms with Crippen LogP contribution in [0.3, 0.4) is 0 Å². The first-order chi connectivity index (χ1) is 15.2. The van der Waals surface area contributed by atoms with E-state index in [9.17, 15) is 9.59 Å². The van der Waals surface area contributed by atoms with E-state index >= 15 is 0 Å². The number of tetrazole rings is 1. The molecule has 0 spiro atoms. The van der Waals surface area contributed by atoms with Crippen molar-refractivity contribution in [2.24, 2.45) is 0 Å². The molecule has 1 fully saturated rings. The van der Waals surface area contributed by atoms with Gasteiger partial charge in [0, 0.05) is 62.4 Å². The fourth-order valence-corrected chi connectivity index (χ4v) is 3.79. The zero-order valence-electron chi connectivity index (χ0n) is 20.0. The van der Waals surface area contributed by atoms with E-state index in [-0.39, 0.29) is 5.69 Å². The number of para-hydroxylation sites is 1. The van der Waals surface area contributed by atoms with Crippen LogP contribution >= 0.6 is 0 Å². The molecule has 0 aliphatic carbocycles. The number of likely N-dealkylation sites (tertiary alicyclic amines) is 1. The van der Waals surface area contributed by atoms with Gasteiger partial charge in [-0.1, -0.05) is 25.1 Å². The summed E-state index contributed by atoms with van der Waals surface area (Å²) in [7, 11) is 1.55. The third-order valence-corrected chi connectivity index (χ3v) is 5.46. The van der Waals surface area contributed by atoms with Gasteiger partial charge in [0.2, 0.25) is 5.91 Å². The number of hydrogen-bond donors (Lipinski definition) is 0. The van der Waals surface area contributed by atoms with E-state index in [0.29, 0.717) is 51.3 Å². The Labute approximate surface area is 175 Å². The number of nitrogens with zero attached hydrogens (tertiary/aromatic N) is 6. The summed E-state index contributed by atoms with van der Waals surface area (Å²) in [4.78, 5) is 28.9. The molecule has 0 radical (unpaired) electrons. The summed E-state index contributed by atoms with van der Waals surface area (Å²) in [6.45, 7) is 2.20. The molecule has 1 aromatic heterocycles. The van der Waals surface area contributed by atoms with Gasteiger partial charge in [0.1, 0.15) is 5.72 Å². The van der Waals surface area contributed by atoms with E-state index in [1.165, 1.54) is 14.3 Å². The summed E-state index contributed by atoms with van der Waals surface area (Å²) in [6.07, 6.45) is 0.441. The molecule has 9 nitrogen and oxygen atoms in total. The molecule has 158 valence electrons. The van der Waals surface area contributed by atoms with Crippen molar-refractivity contribution in [1.82, 2.24) is 24.7 Å². The number of ether oxygens (including phenoxy) is 1. The maximum atomic E-state index is 13.1. The van der Waals surface area contributed by atoms with Crippen LogP contribution < -0.4 is 10.6 Å². The van der Waals surface area contributed by atoms with Crippen LogP contribution in [0.5, 0.6) is 0 Å². The van der Waals surface area contributed by atoms with Crippen LogP contribution in [0.1, 0.15) is 37.2 Å². The lowest BCUT2D eigenvalue weighted by molar-refractivity contribution is -0.128. The first-order valence-corrected chi connectivity index (χ1v) is 9.85. The monoisotopic (exact) mass is 405 g/mol. The SMILES string of the molecule is [2H]C([2H])([2H])CC(=O)N(c1ccccc1)C1(OC)CCN(CCn2nnn(CC)c2=O)CC1. The van der Waals surface area contributed by atoms with Crippen molar-refractivity contribution in [3.05, 3.63) is 40.8 Å². The number of carbonyl (C=O) groups excluding carboxylic acids is 1. The second kappa shape index (κ2) is 9.32. The number of piperidine rings is 1. The van der Waals surface area contributed by atoms with E-state index in [1.54, 1.807) is 19.2 Å². The molecule has 0 N–H and O–H groups in total. The largest absolute Gasteiger partial charge is 0.363 e. The van der Waals surface area contributed by atoms with Gasteiger partial charge in [-0.2, -0.15) is 9.36 Å². The lowest BCUT2D eigenvalue weighted by Crippen LogP contribution is -2.59. The third kappa shape index (κ3) is 4.40. The van der Waals surface area contributed by atoms with Crippen molar-refractivity contribution in [2.75, 3.05) is 31.6 Å². The van der Waals surface area contributed by atoms with Gasteiger partial charge in [-0.25, -0.2) is 4.79 Å². The number of carbonyl (C=O) groups is 1. The molecule has 2 heterocycles. The highest BCUT2D eigenvalue weighted by molar-refractivity contribution is 5.94. The second-order valence-electron chi connectivity index (χ2n) is 7.03. The summed E-state index contributed by atoms with van der Waals surface area (Å²) in [5, 5.41) is 7.73. The molecular formula is C20H30N6O3. The van der Waals surface area contributed by atoms with Crippen molar-refractivity contribution >= 4 is 11.6 Å². The number of anilines is 1. The van der Waals surface area contributed by atoms with E-state index < -0.39 is 24.9 Å². The lowest BCUT2D eigenvalue weighted by atomic mass is 9.96. The van der Waals surface area contributed by atoms with Crippen molar-refractivity contribution < 1.29 is 13.6 Å². The Hall–Kier alpha value is -2.52. The average molecular weight is 406 g/mol. The Morgan fingerprint density at radius 2 is 1.90 bits per heavy atom. The fourth-order valence-electron chi connectivity index (χ4n) is 3.79. The Kier molecular flexibility index (Phi) is 5.57. The highest BCUT2D eigenvalue weighted by Gasteiger charge is 2.43. The van der Waals surface area contributed by atoms with Gasteiger partial charge in [-0.15, -0.1) is 0 Å². The van der Waals surface area contributed by atoms with Crippen LogP contribution in [0.2, 0.25) is 0 Å². The highest BCUT2D eigenvalue weighted by Crippen LogP contribution is 2.34. The van der Waals surface area contributed by atoms with Crippen LogP contribution in [0.25, 0.3) is 0 Å². The molecule has 1 aliphatic heterocycles. The van der Waals surface area contributed by atoms with E-state index in [2.05, 4.69) is 15.3 Å². The van der Waals surface area contributed by atoms with Crippen molar-refractivity contribution in [1.29, 1.82) is 0 Å². The smallest absolute Gasteiger partial charge is 0.358 e. The van der Waals surface area contributed by atoms with Gasteiger partial charge < -0.3 is 9.64 Å². The van der Waals surface area contributed by atoms with Crippen LogP contribution in [0, 0.1) is 0 Å². The van der Waals surface area contributed by atoms with Gasteiger partial charge in [-0.3, -0.25) is 9.69 Å². The standard InChI is InChI=1S/C20H30N6O3/c1-4-18(27)26(17-9-7-6-8-10-17)20(29-3)11-13-23(14-12-20)15-16-25-19(28)24(5-2)21-22-25/h6-10H,4-5,11-16H2,1-3H3/i1D3. The first-order valence-electron chi connectivity index (χ1n) is 11.4. The molecule has 1 amide bonds. The minimum absolute atomic E-state index is 0.235. The van der Waals surface area contributed by atoms with E-state index in [0.717, 1.165) is 0 Å². The quantitative estimate of drug-likeness (QED) is 0.616. The predicted octanol–water partition coefficient (Wildman–Crippen LogP) is 1.34. The van der Waals surface area contributed by atoms with E-state index in [4.69, 9.17) is 8.85 Å². The van der Waals surface area contributed by atoms with Gasteiger partial charge in [0.05, 0.1) is 6.54 Å². The molecule has 0 atom stereocenters. The number of hydrogen-bond acceptors (Lipinski definition) is 6. The molecule has 0 bridgehead atoms. The average Bonchev–Trinajstić information content (AvgIpc) is 3.12. The van der Waals surface area contributed by atoms with Crippen molar-refractivity contribution in [3.8, 4) is 0 Å². The Morgan fingerprint density at radius 3 is 2.48 bits per heavy atom. The first kappa shape index (κ1) is 17.3. The van der Waals surface area contributed by atoms with Gasteiger partial charge in [-0.05, 0) is 29.5 Å². The topological polar surface area (TPSA) is 85.5 Å². The van der Waals surface area contributed by atoms with Crippen LogP contribution in [-0.4, -0.2) is 63.1 Å². The molecule has 29 heavy (non-hydrogen) atoms. The number of benzene rings is 1. The number of aromatic nitrogens is 4.